The summed E-state index contributed by atoms with van der Waals surface area (Å²) >= 11 is 0. The molecular formula is C15H17NO4. The van der Waals surface area contributed by atoms with Crippen molar-refractivity contribution in [1.29, 1.82) is 0 Å². The molecule has 1 aromatic carbocycles. The first-order valence-electron chi connectivity index (χ1n) is 6.32. The van der Waals surface area contributed by atoms with Crippen LogP contribution in [0.25, 0.3) is 0 Å². The van der Waals surface area contributed by atoms with Crippen molar-refractivity contribution in [3.63, 3.8) is 0 Å². The third kappa shape index (κ3) is 2.66. The van der Waals surface area contributed by atoms with Gasteiger partial charge in [0.15, 0.2) is 0 Å². The number of methoxy groups -OCH3 is 1. The number of hydrogen-bond acceptors (Lipinski definition) is 4. The van der Waals surface area contributed by atoms with E-state index in [1.807, 2.05) is 13.0 Å². The SMILES string of the molecule is COc1ccccc1C(Cc1c(C)noc1C)C(=O)O. The smallest absolute Gasteiger partial charge is 0.311 e. The molecule has 0 saturated carbocycles. The fraction of sp³-hybridized carbons (Fsp3) is 0.333. The van der Waals surface area contributed by atoms with E-state index in [1.54, 1.807) is 25.1 Å². The van der Waals surface area contributed by atoms with E-state index in [2.05, 4.69) is 5.16 Å². The lowest BCUT2D eigenvalue weighted by Gasteiger charge is -2.15. The second-order valence-electron chi connectivity index (χ2n) is 4.64. The third-order valence-electron chi connectivity index (χ3n) is 3.40. The highest BCUT2D eigenvalue weighted by molar-refractivity contribution is 5.77. The van der Waals surface area contributed by atoms with Crippen molar-refractivity contribution in [2.75, 3.05) is 7.11 Å². The molecule has 1 N–H and O–H groups in total. The Labute approximate surface area is 117 Å². The van der Waals surface area contributed by atoms with Crippen LogP contribution in [-0.2, 0) is 11.2 Å². The standard InChI is InChI=1S/C15H17NO4/c1-9-12(10(2)20-16-9)8-13(15(17)18)11-6-4-5-7-14(11)19-3/h4-7,13H,8H2,1-3H3,(H,17,18). The number of ether oxygens (including phenoxy) is 1. The molecule has 5 nitrogen and oxygen atoms in total. The van der Waals surface area contributed by atoms with E-state index in [1.165, 1.54) is 7.11 Å². The molecule has 0 amide bonds. The molecule has 0 saturated heterocycles. The van der Waals surface area contributed by atoms with Crippen LogP contribution in [0, 0.1) is 13.8 Å². The van der Waals surface area contributed by atoms with E-state index in [4.69, 9.17) is 9.26 Å². The minimum atomic E-state index is -0.894. The number of hydrogen-bond donors (Lipinski definition) is 1. The fourth-order valence-electron chi connectivity index (χ4n) is 2.28. The maximum Gasteiger partial charge on any atom is 0.311 e. The third-order valence-corrected chi connectivity index (χ3v) is 3.40. The van der Waals surface area contributed by atoms with E-state index in [9.17, 15) is 9.90 Å². The highest BCUT2D eigenvalue weighted by atomic mass is 16.5. The average Bonchev–Trinajstić information content (AvgIpc) is 2.75. The Kier molecular flexibility index (Phi) is 4.08. The van der Waals surface area contributed by atoms with Crippen LogP contribution in [0.4, 0.5) is 0 Å². The van der Waals surface area contributed by atoms with E-state index < -0.39 is 11.9 Å². The van der Waals surface area contributed by atoms with E-state index >= 15 is 0 Å². The first-order valence-corrected chi connectivity index (χ1v) is 6.32. The molecule has 0 aliphatic carbocycles. The molecule has 1 heterocycles. The first kappa shape index (κ1) is 14.1. The molecule has 0 aliphatic rings. The topological polar surface area (TPSA) is 72.6 Å². The molecule has 1 atom stereocenters. The van der Waals surface area contributed by atoms with Gasteiger partial charge in [-0.05, 0) is 26.3 Å². The summed E-state index contributed by atoms with van der Waals surface area (Å²) in [6.45, 7) is 3.60. The number of aromatic nitrogens is 1. The van der Waals surface area contributed by atoms with Gasteiger partial charge in [-0.25, -0.2) is 0 Å². The summed E-state index contributed by atoms with van der Waals surface area (Å²) in [5, 5.41) is 13.4. The van der Waals surface area contributed by atoms with Gasteiger partial charge in [0.1, 0.15) is 11.5 Å². The van der Waals surface area contributed by atoms with Crippen molar-refractivity contribution >= 4 is 5.97 Å². The number of benzene rings is 1. The molecule has 0 spiro atoms. The second-order valence-corrected chi connectivity index (χ2v) is 4.64. The number of aliphatic carboxylic acids is 1. The fourth-order valence-corrected chi connectivity index (χ4v) is 2.28. The molecule has 2 rings (SSSR count). The Bertz CT molecular complexity index is 599. The highest BCUT2D eigenvalue weighted by Gasteiger charge is 2.26. The van der Waals surface area contributed by atoms with Gasteiger partial charge in [0.25, 0.3) is 0 Å². The van der Waals surface area contributed by atoms with Crippen LogP contribution in [0.2, 0.25) is 0 Å². The summed E-state index contributed by atoms with van der Waals surface area (Å²) < 4.78 is 10.3. The van der Waals surface area contributed by atoms with Gasteiger partial charge in [0, 0.05) is 11.1 Å². The Morgan fingerprint density at radius 3 is 2.65 bits per heavy atom. The van der Waals surface area contributed by atoms with Crippen LogP contribution in [-0.4, -0.2) is 23.3 Å². The molecule has 0 fully saturated rings. The van der Waals surface area contributed by atoms with Crippen molar-refractivity contribution in [3.8, 4) is 5.75 Å². The number of carboxylic acids is 1. The number of para-hydroxylation sites is 1. The minimum Gasteiger partial charge on any atom is -0.496 e. The molecule has 0 aliphatic heterocycles. The molecule has 106 valence electrons. The molecule has 0 radical (unpaired) electrons. The largest absolute Gasteiger partial charge is 0.496 e. The van der Waals surface area contributed by atoms with Gasteiger partial charge in [0.05, 0.1) is 18.7 Å². The number of carboxylic acid groups (broad SMARTS) is 1. The average molecular weight is 275 g/mol. The maximum absolute atomic E-state index is 11.6. The molecule has 1 unspecified atom stereocenters. The van der Waals surface area contributed by atoms with Crippen LogP contribution in [0.15, 0.2) is 28.8 Å². The van der Waals surface area contributed by atoms with Gasteiger partial charge in [0.2, 0.25) is 0 Å². The van der Waals surface area contributed by atoms with Gasteiger partial charge in [-0.1, -0.05) is 23.4 Å². The van der Waals surface area contributed by atoms with Crippen molar-refractivity contribution in [3.05, 3.63) is 46.8 Å². The van der Waals surface area contributed by atoms with Crippen molar-refractivity contribution < 1.29 is 19.2 Å². The first-order chi connectivity index (χ1) is 9.54. The zero-order valence-corrected chi connectivity index (χ0v) is 11.7. The number of carbonyl (C=O) groups is 1. The Hall–Kier alpha value is -2.30. The Morgan fingerprint density at radius 1 is 1.40 bits per heavy atom. The van der Waals surface area contributed by atoms with Crippen molar-refractivity contribution in [1.82, 2.24) is 5.16 Å². The molecule has 1 aromatic heterocycles. The summed E-state index contributed by atoms with van der Waals surface area (Å²) in [6.07, 6.45) is 0.330. The van der Waals surface area contributed by atoms with E-state index in [0.717, 1.165) is 11.3 Å². The number of aryl methyl sites for hydroxylation is 2. The molecule has 0 bridgehead atoms. The quantitative estimate of drug-likeness (QED) is 0.908. The van der Waals surface area contributed by atoms with Gasteiger partial charge >= 0.3 is 5.97 Å². The second kappa shape index (κ2) is 5.77. The highest BCUT2D eigenvalue weighted by Crippen LogP contribution is 2.31. The predicted molar refractivity (Wildman–Crippen MR) is 73.1 cm³/mol. The van der Waals surface area contributed by atoms with Crippen molar-refractivity contribution in [2.45, 2.75) is 26.2 Å². The maximum atomic E-state index is 11.6. The normalized spacial score (nSPS) is 12.2. The minimum absolute atomic E-state index is 0.330. The lowest BCUT2D eigenvalue weighted by atomic mass is 9.90. The van der Waals surface area contributed by atoms with Crippen LogP contribution in [0.5, 0.6) is 5.75 Å². The van der Waals surface area contributed by atoms with Gasteiger partial charge in [-0.3, -0.25) is 4.79 Å². The summed E-state index contributed by atoms with van der Waals surface area (Å²) in [4.78, 5) is 11.6. The summed E-state index contributed by atoms with van der Waals surface area (Å²) in [5.74, 6) is -0.354. The molecule has 20 heavy (non-hydrogen) atoms. The van der Waals surface area contributed by atoms with Gasteiger partial charge in [-0.15, -0.1) is 0 Å². The van der Waals surface area contributed by atoms with Crippen LogP contribution < -0.4 is 4.74 Å². The lowest BCUT2D eigenvalue weighted by molar-refractivity contribution is -0.138. The monoisotopic (exact) mass is 275 g/mol. The Morgan fingerprint density at radius 2 is 2.10 bits per heavy atom. The van der Waals surface area contributed by atoms with Crippen molar-refractivity contribution in [2.24, 2.45) is 0 Å². The predicted octanol–water partition coefficient (Wildman–Crippen LogP) is 2.71. The zero-order chi connectivity index (χ0) is 14.7. The Balaban J connectivity index is 2.40. The number of nitrogens with zero attached hydrogens (tertiary/aromatic N) is 1. The number of rotatable bonds is 5. The lowest BCUT2D eigenvalue weighted by Crippen LogP contribution is -2.16. The summed E-state index contributed by atoms with van der Waals surface area (Å²) in [7, 11) is 1.54. The molecular weight excluding hydrogens is 258 g/mol. The van der Waals surface area contributed by atoms with Gasteiger partial charge < -0.3 is 14.4 Å². The molecule has 5 heteroatoms. The van der Waals surface area contributed by atoms with E-state index in [0.29, 0.717) is 23.5 Å². The van der Waals surface area contributed by atoms with Crippen LogP contribution in [0.3, 0.4) is 0 Å². The summed E-state index contributed by atoms with van der Waals surface area (Å²) in [5.41, 5.74) is 2.22. The van der Waals surface area contributed by atoms with Gasteiger partial charge in [-0.2, -0.15) is 0 Å². The van der Waals surface area contributed by atoms with Crippen LogP contribution in [0.1, 0.15) is 28.5 Å². The zero-order valence-electron chi connectivity index (χ0n) is 11.7. The van der Waals surface area contributed by atoms with E-state index in [-0.39, 0.29) is 0 Å². The summed E-state index contributed by atoms with van der Waals surface area (Å²) in [6, 6.07) is 7.16. The van der Waals surface area contributed by atoms with Crippen LogP contribution >= 0.6 is 0 Å². The molecule has 2 aromatic rings.